The minimum absolute atomic E-state index is 0.00923. The van der Waals surface area contributed by atoms with Crippen LogP contribution in [0.2, 0.25) is 0 Å². The Hall–Kier alpha value is -3.02. The van der Waals surface area contributed by atoms with Gasteiger partial charge in [0, 0.05) is 12.0 Å². The third kappa shape index (κ3) is 6.01. The van der Waals surface area contributed by atoms with Gasteiger partial charge in [0.05, 0.1) is 13.2 Å². The molecule has 0 fully saturated rings. The van der Waals surface area contributed by atoms with E-state index in [0.717, 1.165) is 11.1 Å². The van der Waals surface area contributed by atoms with E-state index < -0.39 is 5.91 Å². The number of nitrogens with one attached hydrogen (secondary N) is 2. The normalized spacial score (nSPS) is 10.5. The highest BCUT2D eigenvalue weighted by atomic mass is 16.5. The molecular formula is C22H28N2O4. The molecule has 0 unspecified atom stereocenters. The van der Waals surface area contributed by atoms with E-state index in [9.17, 15) is 9.59 Å². The van der Waals surface area contributed by atoms with E-state index in [0.29, 0.717) is 23.5 Å². The van der Waals surface area contributed by atoms with E-state index in [-0.39, 0.29) is 18.4 Å². The second-order valence-electron chi connectivity index (χ2n) is 6.96. The Bertz CT molecular complexity index is 846. The zero-order valence-electron chi connectivity index (χ0n) is 17.1. The lowest BCUT2D eigenvalue weighted by Gasteiger charge is -2.14. The standard InChI is InChI=1S/C22H28N2O4/c1-14(2)28-19-10-8-18(13-20(19)27-5)22(26)24-23-21(25)11-9-17-7-6-15(3)12-16(17)4/h6-8,10,12-14H,9,11H2,1-5H3,(H,23,25)(H,24,26). The molecule has 0 atom stereocenters. The van der Waals surface area contributed by atoms with Gasteiger partial charge in [-0.2, -0.15) is 0 Å². The van der Waals surface area contributed by atoms with Crippen LogP contribution < -0.4 is 20.3 Å². The first-order valence-corrected chi connectivity index (χ1v) is 9.30. The van der Waals surface area contributed by atoms with Crippen molar-refractivity contribution in [2.75, 3.05) is 7.11 Å². The number of benzene rings is 2. The highest BCUT2D eigenvalue weighted by molar-refractivity contribution is 5.96. The predicted octanol–water partition coefficient (Wildman–Crippen LogP) is 3.49. The summed E-state index contributed by atoms with van der Waals surface area (Å²) < 4.78 is 10.9. The zero-order chi connectivity index (χ0) is 20.7. The van der Waals surface area contributed by atoms with Crippen LogP contribution in [0.3, 0.4) is 0 Å². The van der Waals surface area contributed by atoms with E-state index in [1.807, 2.05) is 39.8 Å². The quantitative estimate of drug-likeness (QED) is 0.717. The number of methoxy groups -OCH3 is 1. The molecule has 2 N–H and O–H groups in total. The molecular weight excluding hydrogens is 356 g/mol. The number of hydrogen-bond acceptors (Lipinski definition) is 4. The molecule has 0 spiro atoms. The summed E-state index contributed by atoms with van der Waals surface area (Å²) in [5.41, 5.74) is 8.73. The molecule has 150 valence electrons. The van der Waals surface area contributed by atoms with Crippen molar-refractivity contribution in [3.63, 3.8) is 0 Å². The third-order valence-corrected chi connectivity index (χ3v) is 4.22. The van der Waals surface area contributed by atoms with Crippen LogP contribution >= 0.6 is 0 Å². The second kappa shape index (κ2) is 9.78. The van der Waals surface area contributed by atoms with Gasteiger partial charge >= 0.3 is 0 Å². The molecule has 2 amide bonds. The Labute approximate surface area is 166 Å². The van der Waals surface area contributed by atoms with Gasteiger partial charge in [-0.3, -0.25) is 20.4 Å². The number of ether oxygens (including phenoxy) is 2. The SMILES string of the molecule is COc1cc(C(=O)NNC(=O)CCc2ccc(C)cc2C)ccc1OC(C)C. The summed E-state index contributed by atoms with van der Waals surface area (Å²) in [6.07, 6.45) is 0.891. The van der Waals surface area contributed by atoms with Crippen LogP contribution in [0.1, 0.15) is 47.3 Å². The Balaban J connectivity index is 1.89. The first-order chi connectivity index (χ1) is 13.3. The smallest absolute Gasteiger partial charge is 0.269 e. The highest BCUT2D eigenvalue weighted by Crippen LogP contribution is 2.28. The Morgan fingerprint density at radius 3 is 2.39 bits per heavy atom. The first-order valence-electron chi connectivity index (χ1n) is 9.30. The van der Waals surface area contributed by atoms with Gasteiger partial charge < -0.3 is 9.47 Å². The minimum atomic E-state index is -0.422. The van der Waals surface area contributed by atoms with Crippen LogP contribution in [0.15, 0.2) is 36.4 Å². The van der Waals surface area contributed by atoms with Crippen LogP contribution in [0.4, 0.5) is 0 Å². The van der Waals surface area contributed by atoms with Gasteiger partial charge in [0.1, 0.15) is 0 Å². The number of hydrogen-bond donors (Lipinski definition) is 2. The van der Waals surface area contributed by atoms with E-state index >= 15 is 0 Å². The fraction of sp³-hybridized carbons (Fsp3) is 0.364. The van der Waals surface area contributed by atoms with Gasteiger partial charge in [0.2, 0.25) is 5.91 Å². The summed E-state index contributed by atoms with van der Waals surface area (Å²) in [6.45, 7) is 7.89. The molecule has 2 aromatic rings. The van der Waals surface area contributed by atoms with E-state index in [4.69, 9.17) is 9.47 Å². The van der Waals surface area contributed by atoms with Crippen LogP contribution in [0.25, 0.3) is 0 Å². The maximum Gasteiger partial charge on any atom is 0.269 e. The zero-order valence-corrected chi connectivity index (χ0v) is 17.1. The number of amides is 2. The molecule has 6 heteroatoms. The molecule has 0 bridgehead atoms. The average molecular weight is 384 g/mol. The summed E-state index contributed by atoms with van der Waals surface area (Å²) in [6, 6.07) is 11.0. The Kier molecular flexibility index (Phi) is 7.44. The van der Waals surface area contributed by atoms with Gasteiger partial charge in [-0.1, -0.05) is 23.8 Å². The molecule has 0 radical (unpaired) electrons. The van der Waals surface area contributed by atoms with Gasteiger partial charge in [0.25, 0.3) is 5.91 Å². The van der Waals surface area contributed by atoms with Crippen LogP contribution in [-0.4, -0.2) is 25.0 Å². The minimum Gasteiger partial charge on any atom is -0.493 e. The number of aryl methyl sites for hydroxylation is 3. The molecule has 28 heavy (non-hydrogen) atoms. The van der Waals surface area contributed by atoms with Crippen molar-refractivity contribution in [1.82, 2.24) is 10.9 Å². The van der Waals surface area contributed by atoms with Gasteiger partial charge in [-0.25, -0.2) is 0 Å². The van der Waals surface area contributed by atoms with Crippen molar-refractivity contribution >= 4 is 11.8 Å². The molecule has 6 nitrogen and oxygen atoms in total. The molecule has 2 aromatic carbocycles. The topological polar surface area (TPSA) is 76.7 Å². The van der Waals surface area contributed by atoms with Crippen molar-refractivity contribution in [3.8, 4) is 11.5 Å². The van der Waals surface area contributed by atoms with Gasteiger partial charge in [-0.15, -0.1) is 0 Å². The third-order valence-electron chi connectivity index (χ3n) is 4.22. The number of rotatable bonds is 7. The summed E-state index contributed by atoms with van der Waals surface area (Å²) in [5.74, 6) is 0.350. The van der Waals surface area contributed by atoms with Crippen LogP contribution in [-0.2, 0) is 11.2 Å². The van der Waals surface area contributed by atoms with Crippen LogP contribution in [0.5, 0.6) is 11.5 Å². The molecule has 0 aliphatic rings. The fourth-order valence-corrected chi connectivity index (χ4v) is 2.80. The lowest BCUT2D eigenvalue weighted by molar-refractivity contribution is -0.121. The second-order valence-corrected chi connectivity index (χ2v) is 6.96. The molecule has 0 heterocycles. The van der Waals surface area contributed by atoms with E-state index in [2.05, 4.69) is 16.9 Å². The lowest BCUT2D eigenvalue weighted by atomic mass is 10.0. The maximum absolute atomic E-state index is 12.3. The fourth-order valence-electron chi connectivity index (χ4n) is 2.80. The molecule has 0 aliphatic carbocycles. The highest BCUT2D eigenvalue weighted by Gasteiger charge is 2.13. The first kappa shape index (κ1) is 21.3. The summed E-state index contributed by atoms with van der Waals surface area (Å²) in [7, 11) is 1.51. The molecule has 0 aromatic heterocycles. The summed E-state index contributed by atoms with van der Waals surface area (Å²) in [5, 5.41) is 0. The van der Waals surface area contributed by atoms with Crippen molar-refractivity contribution in [2.45, 2.75) is 46.6 Å². The molecule has 2 rings (SSSR count). The Morgan fingerprint density at radius 1 is 1.00 bits per heavy atom. The van der Waals surface area contributed by atoms with Gasteiger partial charge in [-0.05, 0) is 63.4 Å². The van der Waals surface area contributed by atoms with E-state index in [1.165, 1.54) is 12.7 Å². The Morgan fingerprint density at radius 2 is 1.75 bits per heavy atom. The number of hydrazine groups is 1. The van der Waals surface area contributed by atoms with Crippen molar-refractivity contribution < 1.29 is 19.1 Å². The van der Waals surface area contributed by atoms with E-state index in [1.54, 1.807) is 18.2 Å². The van der Waals surface area contributed by atoms with Crippen molar-refractivity contribution in [1.29, 1.82) is 0 Å². The largest absolute Gasteiger partial charge is 0.493 e. The molecule has 0 saturated heterocycles. The van der Waals surface area contributed by atoms with Crippen molar-refractivity contribution in [3.05, 3.63) is 58.7 Å². The molecule has 0 aliphatic heterocycles. The lowest BCUT2D eigenvalue weighted by Crippen LogP contribution is -2.41. The predicted molar refractivity (Wildman–Crippen MR) is 109 cm³/mol. The number of carbonyl (C=O) groups is 2. The molecule has 0 saturated carbocycles. The van der Waals surface area contributed by atoms with Crippen LogP contribution in [0, 0.1) is 13.8 Å². The monoisotopic (exact) mass is 384 g/mol. The number of carbonyl (C=O) groups excluding carboxylic acids is 2. The summed E-state index contributed by atoms with van der Waals surface area (Å²) >= 11 is 0. The average Bonchev–Trinajstić information content (AvgIpc) is 2.65. The maximum atomic E-state index is 12.3. The van der Waals surface area contributed by atoms with Gasteiger partial charge in [0.15, 0.2) is 11.5 Å². The van der Waals surface area contributed by atoms with Crippen molar-refractivity contribution in [2.24, 2.45) is 0 Å². The summed E-state index contributed by atoms with van der Waals surface area (Å²) in [4.78, 5) is 24.4.